The number of nitrogens with zero attached hydrogens (tertiary/aromatic N) is 4. The first-order valence-corrected chi connectivity index (χ1v) is 6.56. The van der Waals surface area contributed by atoms with Crippen molar-refractivity contribution in [2.24, 2.45) is 7.05 Å². The van der Waals surface area contributed by atoms with Crippen molar-refractivity contribution in [1.29, 1.82) is 0 Å². The normalized spacial score (nSPS) is 10.9. The van der Waals surface area contributed by atoms with E-state index in [0.29, 0.717) is 11.4 Å². The number of rotatable bonds is 5. The van der Waals surface area contributed by atoms with Gasteiger partial charge in [0.1, 0.15) is 6.20 Å². The highest BCUT2D eigenvalue weighted by Crippen LogP contribution is 2.15. The van der Waals surface area contributed by atoms with Crippen LogP contribution < -0.4 is 4.90 Å². The van der Waals surface area contributed by atoms with Gasteiger partial charge in [0, 0.05) is 31.4 Å². The molecule has 114 valence electrons. The van der Waals surface area contributed by atoms with Gasteiger partial charge in [0.2, 0.25) is 5.82 Å². The highest BCUT2D eigenvalue weighted by atomic mass is 16.6. The second-order valence-corrected chi connectivity index (χ2v) is 4.93. The standard InChI is InChI=1S/C15H16N4O3/c1-17(2)12-6-4-11(5-7-12)13(20)8-9-14-16-10-15(18(14)3)19(21)22/h4-10H,1-3H3/b9-8+. The van der Waals surface area contributed by atoms with E-state index < -0.39 is 4.92 Å². The van der Waals surface area contributed by atoms with Crippen LogP contribution in [0, 0.1) is 10.1 Å². The highest BCUT2D eigenvalue weighted by molar-refractivity contribution is 6.06. The second kappa shape index (κ2) is 6.21. The minimum Gasteiger partial charge on any atom is -0.378 e. The van der Waals surface area contributed by atoms with E-state index in [2.05, 4.69) is 4.98 Å². The summed E-state index contributed by atoms with van der Waals surface area (Å²) >= 11 is 0. The van der Waals surface area contributed by atoms with Crippen molar-refractivity contribution in [3.63, 3.8) is 0 Å². The quantitative estimate of drug-likeness (QED) is 0.366. The molecule has 22 heavy (non-hydrogen) atoms. The third-order valence-corrected chi connectivity index (χ3v) is 3.24. The number of aromatic nitrogens is 2. The molecular formula is C15H16N4O3. The van der Waals surface area contributed by atoms with Gasteiger partial charge in [-0.3, -0.25) is 4.79 Å². The van der Waals surface area contributed by atoms with Gasteiger partial charge in [0.25, 0.3) is 0 Å². The molecule has 0 unspecified atom stereocenters. The largest absolute Gasteiger partial charge is 0.378 e. The van der Waals surface area contributed by atoms with Gasteiger partial charge < -0.3 is 15.0 Å². The molecule has 0 radical (unpaired) electrons. The lowest BCUT2D eigenvalue weighted by Gasteiger charge is -2.11. The van der Waals surface area contributed by atoms with Crippen LogP contribution in [-0.2, 0) is 7.05 Å². The third kappa shape index (κ3) is 3.20. The Hall–Kier alpha value is -2.96. The number of imidazole rings is 1. The van der Waals surface area contributed by atoms with Gasteiger partial charge in [0.15, 0.2) is 5.78 Å². The molecule has 0 aliphatic carbocycles. The van der Waals surface area contributed by atoms with Crippen molar-refractivity contribution < 1.29 is 9.72 Å². The fraction of sp³-hybridized carbons (Fsp3) is 0.200. The summed E-state index contributed by atoms with van der Waals surface area (Å²) in [4.78, 5) is 28.1. The summed E-state index contributed by atoms with van der Waals surface area (Å²) in [6.07, 6.45) is 3.99. The van der Waals surface area contributed by atoms with E-state index in [1.807, 2.05) is 31.1 Å². The first kappa shape index (κ1) is 15.4. The number of carbonyl (C=O) groups excluding carboxylic acids is 1. The Morgan fingerprint density at radius 2 is 1.95 bits per heavy atom. The minimum absolute atomic E-state index is 0.123. The van der Waals surface area contributed by atoms with E-state index in [1.165, 1.54) is 23.8 Å². The molecule has 7 nitrogen and oxygen atoms in total. The molecule has 2 rings (SSSR count). The zero-order valence-electron chi connectivity index (χ0n) is 12.6. The molecule has 2 aromatic rings. The summed E-state index contributed by atoms with van der Waals surface area (Å²) in [7, 11) is 5.37. The number of ketones is 1. The van der Waals surface area contributed by atoms with Gasteiger partial charge in [-0.1, -0.05) is 0 Å². The second-order valence-electron chi connectivity index (χ2n) is 4.93. The fourth-order valence-electron chi connectivity index (χ4n) is 1.91. The Morgan fingerprint density at radius 3 is 2.45 bits per heavy atom. The molecule has 0 saturated carbocycles. The summed E-state index contributed by atoms with van der Waals surface area (Å²) in [6, 6.07) is 7.19. The van der Waals surface area contributed by atoms with Crippen LogP contribution in [0.25, 0.3) is 6.08 Å². The van der Waals surface area contributed by atoms with Crippen LogP contribution in [0.2, 0.25) is 0 Å². The molecule has 0 atom stereocenters. The van der Waals surface area contributed by atoms with Gasteiger partial charge in [-0.2, -0.15) is 0 Å². The number of allylic oxidation sites excluding steroid dienone is 1. The maximum absolute atomic E-state index is 12.1. The third-order valence-electron chi connectivity index (χ3n) is 3.24. The van der Waals surface area contributed by atoms with Crippen molar-refractivity contribution >= 4 is 23.4 Å². The molecule has 0 N–H and O–H groups in total. The van der Waals surface area contributed by atoms with Crippen LogP contribution in [0.5, 0.6) is 0 Å². The monoisotopic (exact) mass is 300 g/mol. The van der Waals surface area contributed by atoms with Crippen LogP contribution in [0.4, 0.5) is 11.5 Å². The van der Waals surface area contributed by atoms with Gasteiger partial charge in [-0.15, -0.1) is 0 Å². The molecule has 1 aromatic heterocycles. The van der Waals surface area contributed by atoms with Crippen LogP contribution >= 0.6 is 0 Å². The lowest BCUT2D eigenvalue weighted by Crippen LogP contribution is -2.08. The predicted octanol–water partition coefficient (Wildman–Crippen LogP) is 2.29. The highest BCUT2D eigenvalue weighted by Gasteiger charge is 2.14. The van der Waals surface area contributed by atoms with E-state index in [0.717, 1.165) is 11.9 Å². The topological polar surface area (TPSA) is 81.3 Å². The Kier molecular flexibility index (Phi) is 4.36. The number of nitro groups is 1. The Morgan fingerprint density at radius 1 is 1.32 bits per heavy atom. The Bertz CT molecular complexity index is 730. The van der Waals surface area contributed by atoms with Crippen LogP contribution in [0.15, 0.2) is 36.5 Å². The van der Waals surface area contributed by atoms with Crippen molar-refractivity contribution in [1.82, 2.24) is 9.55 Å². The molecular weight excluding hydrogens is 284 g/mol. The van der Waals surface area contributed by atoms with E-state index in [1.54, 1.807) is 12.1 Å². The van der Waals surface area contributed by atoms with E-state index in [-0.39, 0.29) is 11.6 Å². The molecule has 7 heteroatoms. The molecule has 1 aromatic carbocycles. The molecule has 0 aliphatic heterocycles. The predicted molar refractivity (Wildman–Crippen MR) is 84.0 cm³/mol. The lowest BCUT2D eigenvalue weighted by atomic mass is 10.1. The summed E-state index contributed by atoms with van der Waals surface area (Å²) < 4.78 is 1.32. The average Bonchev–Trinajstić information content (AvgIpc) is 2.86. The molecule has 0 amide bonds. The maximum atomic E-state index is 12.1. The molecule has 1 heterocycles. The van der Waals surface area contributed by atoms with Crippen molar-refractivity contribution in [3.05, 3.63) is 58.0 Å². The van der Waals surface area contributed by atoms with Gasteiger partial charge in [-0.25, -0.2) is 9.55 Å². The molecule has 0 aliphatic rings. The zero-order valence-corrected chi connectivity index (χ0v) is 12.6. The van der Waals surface area contributed by atoms with Crippen LogP contribution in [-0.4, -0.2) is 34.4 Å². The number of hydrogen-bond donors (Lipinski definition) is 0. The van der Waals surface area contributed by atoms with Gasteiger partial charge in [-0.05, 0) is 35.3 Å². The van der Waals surface area contributed by atoms with Gasteiger partial charge in [0.05, 0.1) is 7.05 Å². The van der Waals surface area contributed by atoms with E-state index >= 15 is 0 Å². The van der Waals surface area contributed by atoms with Crippen molar-refractivity contribution in [2.45, 2.75) is 0 Å². The smallest absolute Gasteiger partial charge is 0.342 e. The summed E-state index contributed by atoms with van der Waals surface area (Å²) in [5.74, 6) is 0.0448. The van der Waals surface area contributed by atoms with E-state index in [9.17, 15) is 14.9 Å². The molecule has 0 bridgehead atoms. The number of carbonyl (C=O) groups is 1. The van der Waals surface area contributed by atoms with Crippen molar-refractivity contribution in [3.8, 4) is 0 Å². The molecule has 0 saturated heterocycles. The lowest BCUT2D eigenvalue weighted by molar-refractivity contribution is -0.391. The fourth-order valence-corrected chi connectivity index (χ4v) is 1.91. The number of anilines is 1. The van der Waals surface area contributed by atoms with Gasteiger partial charge >= 0.3 is 5.82 Å². The maximum Gasteiger partial charge on any atom is 0.342 e. The van der Waals surface area contributed by atoms with Crippen LogP contribution in [0.1, 0.15) is 16.2 Å². The molecule has 0 fully saturated rings. The summed E-state index contributed by atoms with van der Waals surface area (Å²) in [6.45, 7) is 0. The Balaban J connectivity index is 2.16. The number of benzene rings is 1. The van der Waals surface area contributed by atoms with Crippen LogP contribution in [0.3, 0.4) is 0 Å². The van der Waals surface area contributed by atoms with E-state index in [4.69, 9.17) is 0 Å². The summed E-state index contributed by atoms with van der Waals surface area (Å²) in [5, 5.41) is 10.7. The zero-order chi connectivity index (χ0) is 16.3. The van der Waals surface area contributed by atoms with Crippen molar-refractivity contribution in [2.75, 3.05) is 19.0 Å². The average molecular weight is 300 g/mol. The summed E-state index contributed by atoms with van der Waals surface area (Å²) in [5.41, 5.74) is 1.55. The minimum atomic E-state index is -0.522. The molecule has 0 spiro atoms. The number of hydrogen-bond acceptors (Lipinski definition) is 5. The SMILES string of the molecule is CN(C)c1ccc(C(=O)/C=C/c2ncc([N+](=O)[O-])n2C)cc1. The first-order chi connectivity index (χ1) is 10.4. The Labute approximate surface area is 127 Å². The first-order valence-electron chi connectivity index (χ1n) is 6.56.